The van der Waals surface area contributed by atoms with E-state index in [4.69, 9.17) is 0 Å². The van der Waals surface area contributed by atoms with Crippen molar-refractivity contribution in [3.05, 3.63) is 58.1 Å². The minimum absolute atomic E-state index is 0.275. The van der Waals surface area contributed by atoms with Gasteiger partial charge in [-0.05, 0) is 71.2 Å². The highest BCUT2D eigenvalue weighted by Gasteiger charge is 2.08. The fourth-order valence-electron chi connectivity index (χ4n) is 2.10. The number of aromatic nitrogens is 2. The molecular formula is C15H12BrFN2. The molecule has 0 spiro atoms. The highest BCUT2D eigenvalue weighted by atomic mass is 79.9. The van der Waals surface area contributed by atoms with Gasteiger partial charge in [0.15, 0.2) is 0 Å². The van der Waals surface area contributed by atoms with E-state index in [0.29, 0.717) is 4.47 Å². The standard InChI is InChI=1S/C15H12BrFN2/c1-9-5-14-15(6-10(9)2)19(8-18-14)11-3-4-12(16)13(17)7-11/h3-8H,1-2H3. The maximum Gasteiger partial charge on any atom is 0.139 e. The maximum atomic E-state index is 13.6. The number of rotatable bonds is 1. The third kappa shape index (κ3) is 2.06. The molecule has 19 heavy (non-hydrogen) atoms. The maximum absolute atomic E-state index is 13.6. The first-order valence-electron chi connectivity index (χ1n) is 5.96. The summed E-state index contributed by atoms with van der Waals surface area (Å²) < 4.78 is 16.0. The van der Waals surface area contributed by atoms with Crippen LogP contribution in [0.15, 0.2) is 41.1 Å². The zero-order valence-electron chi connectivity index (χ0n) is 10.6. The molecule has 3 aromatic rings. The van der Waals surface area contributed by atoms with Crippen LogP contribution >= 0.6 is 15.9 Å². The second-order valence-corrected chi connectivity index (χ2v) is 5.49. The first-order chi connectivity index (χ1) is 9.06. The van der Waals surface area contributed by atoms with Crippen LogP contribution in [0.4, 0.5) is 4.39 Å². The minimum Gasteiger partial charge on any atom is -0.299 e. The zero-order valence-corrected chi connectivity index (χ0v) is 12.2. The Balaban J connectivity index is 2.25. The van der Waals surface area contributed by atoms with Crippen LogP contribution in [0, 0.1) is 19.7 Å². The lowest BCUT2D eigenvalue weighted by molar-refractivity contribution is 0.620. The molecule has 96 valence electrons. The fourth-order valence-corrected chi connectivity index (χ4v) is 2.35. The van der Waals surface area contributed by atoms with Crippen LogP contribution in [0.25, 0.3) is 16.7 Å². The molecule has 0 bridgehead atoms. The summed E-state index contributed by atoms with van der Waals surface area (Å²) in [6.45, 7) is 4.13. The van der Waals surface area contributed by atoms with Gasteiger partial charge in [0, 0.05) is 0 Å². The van der Waals surface area contributed by atoms with E-state index in [2.05, 4.69) is 46.9 Å². The van der Waals surface area contributed by atoms with Crippen molar-refractivity contribution in [2.75, 3.05) is 0 Å². The van der Waals surface area contributed by atoms with Crippen molar-refractivity contribution < 1.29 is 4.39 Å². The van der Waals surface area contributed by atoms with Crippen molar-refractivity contribution >= 4 is 27.0 Å². The van der Waals surface area contributed by atoms with E-state index < -0.39 is 0 Å². The summed E-state index contributed by atoms with van der Waals surface area (Å²) in [5.74, 6) is -0.275. The number of nitrogens with zero attached hydrogens (tertiary/aromatic N) is 2. The van der Waals surface area contributed by atoms with Gasteiger partial charge < -0.3 is 0 Å². The van der Waals surface area contributed by atoms with Crippen molar-refractivity contribution in [2.45, 2.75) is 13.8 Å². The van der Waals surface area contributed by atoms with Crippen LogP contribution in [0.2, 0.25) is 0 Å². The summed E-state index contributed by atoms with van der Waals surface area (Å²) in [7, 11) is 0. The van der Waals surface area contributed by atoms with Gasteiger partial charge >= 0.3 is 0 Å². The monoisotopic (exact) mass is 318 g/mol. The molecule has 0 aliphatic heterocycles. The highest BCUT2D eigenvalue weighted by Crippen LogP contribution is 2.24. The number of imidazole rings is 1. The Kier molecular flexibility index (Phi) is 2.90. The van der Waals surface area contributed by atoms with Gasteiger partial charge in [-0.2, -0.15) is 0 Å². The van der Waals surface area contributed by atoms with Crippen LogP contribution in [0.3, 0.4) is 0 Å². The van der Waals surface area contributed by atoms with E-state index in [0.717, 1.165) is 16.7 Å². The second-order valence-electron chi connectivity index (χ2n) is 4.64. The van der Waals surface area contributed by atoms with E-state index in [9.17, 15) is 4.39 Å². The molecule has 0 aliphatic carbocycles. The third-order valence-electron chi connectivity index (χ3n) is 3.34. The Morgan fingerprint density at radius 1 is 1.11 bits per heavy atom. The lowest BCUT2D eigenvalue weighted by Crippen LogP contribution is -1.94. The third-order valence-corrected chi connectivity index (χ3v) is 3.99. The molecule has 0 aliphatic rings. The van der Waals surface area contributed by atoms with Gasteiger partial charge in [0.05, 0.1) is 21.2 Å². The van der Waals surface area contributed by atoms with Crippen molar-refractivity contribution in [2.24, 2.45) is 0 Å². The lowest BCUT2D eigenvalue weighted by atomic mass is 10.1. The Morgan fingerprint density at radius 3 is 2.58 bits per heavy atom. The van der Waals surface area contributed by atoms with Crippen molar-refractivity contribution in [1.82, 2.24) is 9.55 Å². The van der Waals surface area contributed by atoms with Crippen LogP contribution in [-0.2, 0) is 0 Å². The number of halogens is 2. The quantitative estimate of drug-likeness (QED) is 0.644. The summed E-state index contributed by atoms with van der Waals surface area (Å²) in [4.78, 5) is 4.38. The predicted molar refractivity (Wildman–Crippen MR) is 78.2 cm³/mol. The molecule has 0 fully saturated rings. The van der Waals surface area contributed by atoms with Gasteiger partial charge in [-0.3, -0.25) is 4.57 Å². The number of fused-ring (bicyclic) bond motifs is 1. The molecule has 0 radical (unpaired) electrons. The Labute approximate surface area is 119 Å². The van der Waals surface area contributed by atoms with E-state index in [-0.39, 0.29) is 5.82 Å². The Bertz CT molecular complexity index is 777. The first kappa shape index (κ1) is 12.4. The number of hydrogen-bond acceptors (Lipinski definition) is 1. The molecule has 0 atom stereocenters. The molecule has 2 aromatic carbocycles. The molecule has 0 unspecified atom stereocenters. The van der Waals surface area contributed by atoms with Gasteiger partial charge in [-0.25, -0.2) is 9.37 Å². The normalized spacial score (nSPS) is 11.2. The topological polar surface area (TPSA) is 17.8 Å². The van der Waals surface area contributed by atoms with E-state index in [1.54, 1.807) is 12.4 Å². The summed E-state index contributed by atoms with van der Waals surface area (Å²) >= 11 is 3.16. The molecule has 0 N–H and O–H groups in total. The summed E-state index contributed by atoms with van der Waals surface area (Å²) in [6.07, 6.45) is 1.73. The van der Waals surface area contributed by atoms with Gasteiger partial charge in [0.1, 0.15) is 12.1 Å². The molecule has 0 saturated heterocycles. The van der Waals surface area contributed by atoms with Crippen molar-refractivity contribution in [1.29, 1.82) is 0 Å². The summed E-state index contributed by atoms with van der Waals surface area (Å²) in [6, 6.07) is 9.20. The van der Waals surface area contributed by atoms with E-state index >= 15 is 0 Å². The molecule has 3 rings (SSSR count). The predicted octanol–water partition coefficient (Wildman–Crippen LogP) is 4.54. The van der Waals surface area contributed by atoms with Gasteiger partial charge in [0.25, 0.3) is 0 Å². The molecular weight excluding hydrogens is 307 g/mol. The highest BCUT2D eigenvalue weighted by molar-refractivity contribution is 9.10. The average Bonchev–Trinajstić information content (AvgIpc) is 2.76. The number of hydrogen-bond donors (Lipinski definition) is 0. The first-order valence-corrected chi connectivity index (χ1v) is 6.75. The fraction of sp³-hybridized carbons (Fsp3) is 0.133. The molecule has 2 nitrogen and oxygen atoms in total. The number of aryl methyl sites for hydroxylation is 2. The molecule has 1 aromatic heterocycles. The molecule has 0 saturated carbocycles. The van der Waals surface area contributed by atoms with Crippen molar-refractivity contribution in [3.8, 4) is 5.69 Å². The van der Waals surface area contributed by atoms with Crippen LogP contribution < -0.4 is 0 Å². The van der Waals surface area contributed by atoms with E-state index in [1.165, 1.54) is 17.2 Å². The second kappa shape index (κ2) is 4.46. The summed E-state index contributed by atoms with van der Waals surface area (Å²) in [5, 5.41) is 0. The zero-order chi connectivity index (χ0) is 13.6. The average molecular weight is 319 g/mol. The van der Waals surface area contributed by atoms with Gasteiger partial charge in [0.2, 0.25) is 0 Å². The van der Waals surface area contributed by atoms with Crippen LogP contribution in [0.5, 0.6) is 0 Å². The van der Waals surface area contributed by atoms with E-state index in [1.807, 2.05) is 10.6 Å². The Hall–Kier alpha value is -1.68. The number of benzene rings is 2. The molecule has 4 heteroatoms. The SMILES string of the molecule is Cc1cc2ncn(-c3ccc(Br)c(F)c3)c2cc1C. The van der Waals surface area contributed by atoms with Crippen LogP contribution in [-0.4, -0.2) is 9.55 Å². The minimum atomic E-state index is -0.275. The van der Waals surface area contributed by atoms with Gasteiger partial charge in [-0.1, -0.05) is 0 Å². The largest absolute Gasteiger partial charge is 0.299 e. The molecule has 0 amide bonds. The Morgan fingerprint density at radius 2 is 1.84 bits per heavy atom. The lowest BCUT2D eigenvalue weighted by Gasteiger charge is -2.07. The van der Waals surface area contributed by atoms with Crippen LogP contribution in [0.1, 0.15) is 11.1 Å². The van der Waals surface area contributed by atoms with Gasteiger partial charge in [-0.15, -0.1) is 0 Å². The summed E-state index contributed by atoms with van der Waals surface area (Å²) in [5.41, 5.74) is 5.09. The molecule has 1 heterocycles. The smallest absolute Gasteiger partial charge is 0.139 e. The van der Waals surface area contributed by atoms with Crippen molar-refractivity contribution in [3.63, 3.8) is 0 Å².